The zero-order valence-corrected chi connectivity index (χ0v) is 13.4. The highest BCUT2D eigenvalue weighted by Crippen LogP contribution is 2.31. The van der Waals surface area contributed by atoms with E-state index in [9.17, 15) is 9.59 Å². The van der Waals surface area contributed by atoms with Gasteiger partial charge in [0.2, 0.25) is 5.91 Å². The summed E-state index contributed by atoms with van der Waals surface area (Å²) in [7, 11) is 0. The summed E-state index contributed by atoms with van der Waals surface area (Å²) in [5, 5.41) is 0.374. The molecule has 120 valence electrons. The number of likely N-dealkylation sites (tertiary alicyclic amines) is 1. The molecule has 0 bridgehead atoms. The molecule has 1 aliphatic rings. The fourth-order valence-electron chi connectivity index (χ4n) is 2.78. The van der Waals surface area contributed by atoms with Crippen LogP contribution in [0.3, 0.4) is 0 Å². The summed E-state index contributed by atoms with van der Waals surface area (Å²) in [6, 6.07) is 9.53. The van der Waals surface area contributed by atoms with E-state index in [2.05, 4.69) is 4.98 Å². The summed E-state index contributed by atoms with van der Waals surface area (Å²) in [4.78, 5) is 30.7. The van der Waals surface area contributed by atoms with Crippen LogP contribution in [0.25, 0.3) is 11.3 Å². The summed E-state index contributed by atoms with van der Waals surface area (Å²) in [5.41, 5.74) is 12.6. The number of nitrogen functional groups attached to an aromatic ring is 1. The highest BCUT2D eigenvalue weighted by Gasteiger charge is 2.29. The topological polar surface area (TPSA) is 102 Å². The number of rotatable bonds is 3. The summed E-state index contributed by atoms with van der Waals surface area (Å²) in [6.07, 6.45) is 1.21. The number of piperidine rings is 1. The van der Waals surface area contributed by atoms with Gasteiger partial charge < -0.3 is 16.4 Å². The van der Waals surface area contributed by atoms with Gasteiger partial charge in [0, 0.05) is 24.6 Å². The highest BCUT2D eigenvalue weighted by molar-refractivity contribution is 7.17. The Hall–Kier alpha value is -2.41. The molecule has 0 unspecified atom stereocenters. The van der Waals surface area contributed by atoms with E-state index >= 15 is 0 Å². The molecule has 0 saturated carbocycles. The molecule has 7 heteroatoms. The minimum Gasteiger partial charge on any atom is -0.375 e. The number of primary amides is 1. The largest absolute Gasteiger partial charge is 0.375 e. The SMILES string of the molecule is NC(=O)C1CCN(C(=O)c2sc(N)nc2-c2ccccc2)CC1. The molecule has 2 aromatic rings. The molecule has 1 aromatic heterocycles. The number of nitrogens with zero attached hydrogens (tertiary/aromatic N) is 2. The third kappa shape index (κ3) is 3.19. The van der Waals surface area contributed by atoms with Crippen LogP contribution >= 0.6 is 11.3 Å². The molecular formula is C16H18N4O2S. The Kier molecular flexibility index (Phi) is 4.29. The van der Waals surface area contributed by atoms with Gasteiger partial charge in [-0.1, -0.05) is 41.7 Å². The first-order chi connectivity index (χ1) is 11.1. The zero-order chi connectivity index (χ0) is 16.4. The second-order valence-corrected chi connectivity index (χ2v) is 6.60. The minimum atomic E-state index is -0.288. The van der Waals surface area contributed by atoms with Crippen molar-refractivity contribution in [3.8, 4) is 11.3 Å². The Morgan fingerprint density at radius 3 is 2.43 bits per heavy atom. The molecule has 0 radical (unpaired) electrons. The predicted octanol–water partition coefficient (Wildman–Crippen LogP) is 1.73. The van der Waals surface area contributed by atoms with Gasteiger partial charge >= 0.3 is 0 Å². The Balaban J connectivity index is 1.83. The van der Waals surface area contributed by atoms with Gasteiger partial charge in [0.1, 0.15) is 4.88 Å². The molecule has 0 aliphatic carbocycles. The summed E-state index contributed by atoms with van der Waals surface area (Å²) >= 11 is 1.20. The van der Waals surface area contributed by atoms with Gasteiger partial charge in [0.25, 0.3) is 5.91 Å². The second kappa shape index (κ2) is 6.37. The first-order valence-corrected chi connectivity index (χ1v) is 8.28. The normalized spacial score (nSPS) is 15.6. The van der Waals surface area contributed by atoms with Crippen molar-refractivity contribution in [3.63, 3.8) is 0 Å². The van der Waals surface area contributed by atoms with Crippen molar-refractivity contribution >= 4 is 28.3 Å². The van der Waals surface area contributed by atoms with Gasteiger partial charge in [-0.2, -0.15) is 0 Å². The van der Waals surface area contributed by atoms with Gasteiger partial charge in [0.15, 0.2) is 5.13 Å². The van der Waals surface area contributed by atoms with Crippen molar-refractivity contribution in [2.75, 3.05) is 18.8 Å². The number of hydrogen-bond donors (Lipinski definition) is 2. The lowest BCUT2D eigenvalue weighted by atomic mass is 9.96. The Morgan fingerprint density at radius 2 is 1.83 bits per heavy atom. The number of aromatic nitrogens is 1. The first kappa shape index (κ1) is 15.5. The van der Waals surface area contributed by atoms with E-state index in [1.807, 2.05) is 30.3 Å². The summed E-state index contributed by atoms with van der Waals surface area (Å²) in [6.45, 7) is 1.05. The van der Waals surface area contributed by atoms with Crippen molar-refractivity contribution in [1.82, 2.24) is 9.88 Å². The number of amides is 2. The number of carbonyl (C=O) groups is 2. The maximum atomic E-state index is 12.8. The van der Waals surface area contributed by atoms with E-state index in [1.165, 1.54) is 11.3 Å². The van der Waals surface area contributed by atoms with Crippen LogP contribution < -0.4 is 11.5 Å². The van der Waals surface area contributed by atoms with Crippen molar-refractivity contribution < 1.29 is 9.59 Å². The van der Waals surface area contributed by atoms with E-state index in [0.29, 0.717) is 41.6 Å². The Labute approximate surface area is 138 Å². The van der Waals surface area contributed by atoms with E-state index in [-0.39, 0.29) is 17.7 Å². The van der Waals surface area contributed by atoms with E-state index in [0.717, 1.165) is 5.56 Å². The maximum absolute atomic E-state index is 12.8. The molecule has 23 heavy (non-hydrogen) atoms. The fourth-order valence-corrected chi connectivity index (χ4v) is 3.61. The quantitative estimate of drug-likeness (QED) is 0.894. The van der Waals surface area contributed by atoms with Crippen LogP contribution in [0.2, 0.25) is 0 Å². The van der Waals surface area contributed by atoms with Crippen molar-refractivity contribution in [2.45, 2.75) is 12.8 Å². The molecule has 2 heterocycles. The fraction of sp³-hybridized carbons (Fsp3) is 0.312. The number of benzene rings is 1. The van der Waals surface area contributed by atoms with Crippen molar-refractivity contribution in [1.29, 1.82) is 0 Å². The molecule has 3 rings (SSSR count). The first-order valence-electron chi connectivity index (χ1n) is 7.46. The van der Waals surface area contributed by atoms with Crippen molar-refractivity contribution in [2.24, 2.45) is 11.7 Å². The third-order valence-corrected chi connectivity index (χ3v) is 4.94. The lowest BCUT2D eigenvalue weighted by Crippen LogP contribution is -2.41. The number of thiazole rings is 1. The predicted molar refractivity (Wildman–Crippen MR) is 89.8 cm³/mol. The number of nitrogens with two attached hydrogens (primary N) is 2. The number of hydrogen-bond acceptors (Lipinski definition) is 5. The zero-order valence-electron chi connectivity index (χ0n) is 12.6. The molecular weight excluding hydrogens is 312 g/mol. The number of anilines is 1. The van der Waals surface area contributed by atoms with E-state index in [4.69, 9.17) is 11.5 Å². The molecule has 0 atom stereocenters. The molecule has 1 aliphatic heterocycles. The average molecular weight is 330 g/mol. The van der Waals surface area contributed by atoms with Crippen LogP contribution in [0.15, 0.2) is 30.3 Å². The van der Waals surface area contributed by atoms with Gasteiger partial charge in [-0.3, -0.25) is 9.59 Å². The lowest BCUT2D eigenvalue weighted by Gasteiger charge is -2.30. The average Bonchev–Trinajstić information content (AvgIpc) is 2.97. The maximum Gasteiger partial charge on any atom is 0.266 e. The second-order valence-electron chi connectivity index (χ2n) is 5.56. The van der Waals surface area contributed by atoms with E-state index < -0.39 is 0 Å². The van der Waals surface area contributed by atoms with Crippen LogP contribution in [0, 0.1) is 5.92 Å². The van der Waals surface area contributed by atoms with Crippen LogP contribution in [0.4, 0.5) is 5.13 Å². The standard InChI is InChI=1S/C16H18N4O2S/c17-14(21)11-6-8-20(9-7-11)15(22)13-12(19-16(18)23-13)10-4-2-1-3-5-10/h1-5,11H,6-9H2,(H2,17,21)(H2,18,19). The third-order valence-electron chi connectivity index (χ3n) is 4.07. The van der Waals surface area contributed by atoms with Gasteiger partial charge in [-0.05, 0) is 12.8 Å². The highest BCUT2D eigenvalue weighted by atomic mass is 32.1. The van der Waals surface area contributed by atoms with Gasteiger partial charge in [0.05, 0.1) is 5.69 Å². The monoisotopic (exact) mass is 330 g/mol. The molecule has 4 N–H and O–H groups in total. The lowest BCUT2D eigenvalue weighted by molar-refractivity contribution is -0.123. The smallest absolute Gasteiger partial charge is 0.266 e. The minimum absolute atomic E-state index is 0.0824. The van der Waals surface area contributed by atoms with Crippen LogP contribution in [0.5, 0.6) is 0 Å². The van der Waals surface area contributed by atoms with Crippen LogP contribution in [0.1, 0.15) is 22.5 Å². The molecule has 1 saturated heterocycles. The molecule has 1 fully saturated rings. The summed E-state index contributed by atoms with van der Waals surface area (Å²) < 4.78 is 0. The van der Waals surface area contributed by atoms with Crippen LogP contribution in [-0.2, 0) is 4.79 Å². The molecule has 2 amide bonds. The van der Waals surface area contributed by atoms with Gasteiger partial charge in [-0.25, -0.2) is 4.98 Å². The molecule has 0 spiro atoms. The molecule has 1 aromatic carbocycles. The van der Waals surface area contributed by atoms with E-state index in [1.54, 1.807) is 4.90 Å². The Morgan fingerprint density at radius 1 is 1.17 bits per heavy atom. The Bertz CT molecular complexity index is 721. The molecule has 6 nitrogen and oxygen atoms in total. The van der Waals surface area contributed by atoms with Gasteiger partial charge in [-0.15, -0.1) is 0 Å². The summed E-state index contributed by atoms with van der Waals surface area (Å²) in [5.74, 6) is -0.510. The van der Waals surface area contributed by atoms with Crippen LogP contribution in [-0.4, -0.2) is 34.8 Å². The number of carbonyl (C=O) groups excluding carboxylic acids is 2. The van der Waals surface area contributed by atoms with Crippen molar-refractivity contribution in [3.05, 3.63) is 35.2 Å².